The van der Waals surface area contributed by atoms with E-state index in [-0.39, 0.29) is 5.56 Å². The molecule has 4 nitrogen and oxygen atoms in total. The molecule has 0 amide bonds. The maximum absolute atomic E-state index is 11.0. The van der Waals surface area contributed by atoms with E-state index in [2.05, 4.69) is 26.1 Å². The molecule has 17 heavy (non-hydrogen) atoms. The average Bonchev–Trinajstić information content (AvgIpc) is 2.29. The Bertz CT molecular complexity index is 584. The number of aromatic carboxylic acids is 1. The van der Waals surface area contributed by atoms with Gasteiger partial charge >= 0.3 is 5.97 Å². The van der Waals surface area contributed by atoms with Gasteiger partial charge in [0.15, 0.2) is 0 Å². The summed E-state index contributed by atoms with van der Waals surface area (Å²) >= 11 is 3.36. The Balaban J connectivity index is 2.54. The first-order valence-electron chi connectivity index (χ1n) is 4.91. The van der Waals surface area contributed by atoms with Gasteiger partial charge in [0, 0.05) is 10.0 Å². The van der Waals surface area contributed by atoms with Crippen LogP contribution in [-0.2, 0) is 0 Å². The summed E-state index contributed by atoms with van der Waals surface area (Å²) in [6.07, 6.45) is 0. The molecule has 0 bridgehead atoms. The van der Waals surface area contributed by atoms with E-state index in [4.69, 9.17) is 5.11 Å². The molecule has 0 aliphatic carbocycles. The number of aryl methyl sites for hydroxylation is 1. The van der Waals surface area contributed by atoms with E-state index in [1.54, 1.807) is 6.92 Å². The lowest BCUT2D eigenvalue weighted by Crippen LogP contribution is -2.04. The van der Waals surface area contributed by atoms with Gasteiger partial charge in [-0.3, -0.25) is 0 Å². The number of rotatable bonds is 2. The molecule has 0 unspecified atom stereocenters. The highest BCUT2D eigenvalue weighted by molar-refractivity contribution is 9.10. The highest BCUT2D eigenvalue weighted by Crippen LogP contribution is 2.22. The molecule has 1 aromatic heterocycles. The minimum Gasteiger partial charge on any atom is -0.478 e. The van der Waals surface area contributed by atoms with Gasteiger partial charge in [0.1, 0.15) is 0 Å². The lowest BCUT2D eigenvalue weighted by atomic mass is 10.1. The number of carbonyl (C=O) groups is 1. The summed E-state index contributed by atoms with van der Waals surface area (Å²) < 4.78 is 0.911. The SMILES string of the molecule is Cc1nnc(-c2cccc(Br)c2)cc1C(=O)O. The van der Waals surface area contributed by atoms with Crippen LogP contribution in [0.3, 0.4) is 0 Å². The van der Waals surface area contributed by atoms with E-state index in [1.165, 1.54) is 6.07 Å². The third kappa shape index (κ3) is 2.50. The minimum atomic E-state index is -0.992. The molecular weight excluding hydrogens is 284 g/mol. The summed E-state index contributed by atoms with van der Waals surface area (Å²) in [5, 5.41) is 16.9. The van der Waals surface area contributed by atoms with Gasteiger partial charge in [-0.05, 0) is 25.1 Å². The van der Waals surface area contributed by atoms with E-state index in [0.29, 0.717) is 11.4 Å². The summed E-state index contributed by atoms with van der Waals surface area (Å²) in [7, 11) is 0. The van der Waals surface area contributed by atoms with E-state index >= 15 is 0 Å². The van der Waals surface area contributed by atoms with Gasteiger partial charge in [0.05, 0.1) is 17.0 Å². The Hall–Kier alpha value is -1.75. The number of hydrogen-bond acceptors (Lipinski definition) is 3. The van der Waals surface area contributed by atoms with Gasteiger partial charge in [0.25, 0.3) is 0 Å². The average molecular weight is 293 g/mol. The van der Waals surface area contributed by atoms with Gasteiger partial charge < -0.3 is 5.11 Å². The zero-order valence-electron chi connectivity index (χ0n) is 9.01. The van der Waals surface area contributed by atoms with Gasteiger partial charge in [0.2, 0.25) is 0 Å². The van der Waals surface area contributed by atoms with Gasteiger partial charge in [-0.1, -0.05) is 28.1 Å². The van der Waals surface area contributed by atoms with E-state index < -0.39 is 5.97 Å². The summed E-state index contributed by atoms with van der Waals surface area (Å²) in [5.74, 6) is -0.992. The quantitative estimate of drug-likeness (QED) is 0.924. The Labute approximate surface area is 106 Å². The van der Waals surface area contributed by atoms with Crippen molar-refractivity contribution in [1.29, 1.82) is 0 Å². The van der Waals surface area contributed by atoms with Crippen molar-refractivity contribution < 1.29 is 9.90 Å². The van der Waals surface area contributed by atoms with Crippen molar-refractivity contribution in [3.8, 4) is 11.3 Å². The molecule has 0 radical (unpaired) electrons. The number of carboxylic acids is 1. The maximum Gasteiger partial charge on any atom is 0.337 e. The normalized spacial score (nSPS) is 10.2. The van der Waals surface area contributed by atoms with Crippen molar-refractivity contribution in [2.45, 2.75) is 6.92 Å². The molecular formula is C12H9BrN2O2. The summed E-state index contributed by atoms with van der Waals surface area (Å²) in [5.41, 5.74) is 1.97. The number of nitrogens with zero attached hydrogens (tertiary/aromatic N) is 2. The van der Waals surface area contributed by atoms with Gasteiger partial charge in [-0.25, -0.2) is 4.79 Å². The van der Waals surface area contributed by atoms with Crippen molar-refractivity contribution in [3.63, 3.8) is 0 Å². The fourth-order valence-corrected chi connectivity index (χ4v) is 1.86. The van der Waals surface area contributed by atoms with Crippen molar-refractivity contribution in [2.75, 3.05) is 0 Å². The number of hydrogen-bond donors (Lipinski definition) is 1. The van der Waals surface area contributed by atoms with Crippen LogP contribution >= 0.6 is 15.9 Å². The predicted octanol–water partition coefficient (Wildman–Crippen LogP) is 2.91. The van der Waals surface area contributed by atoms with Crippen LogP contribution in [0.15, 0.2) is 34.8 Å². The Morgan fingerprint density at radius 3 is 2.71 bits per heavy atom. The first-order valence-corrected chi connectivity index (χ1v) is 5.71. The third-order valence-corrected chi connectivity index (χ3v) is 2.82. The highest BCUT2D eigenvalue weighted by Gasteiger charge is 2.11. The van der Waals surface area contributed by atoms with Crippen LogP contribution in [0.25, 0.3) is 11.3 Å². The van der Waals surface area contributed by atoms with E-state index in [9.17, 15) is 4.79 Å². The molecule has 0 saturated heterocycles. The minimum absolute atomic E-state index is 0.176. The van der Waals surface area contributed by atoms with Crippen LogP contribution in [0, 0.1) is 6.92 Å². The molecule has 0 atom stereocenters. The summed E-state index contributed by atoms with van der Waals surface area (Å²) in [4.78, 5) is 11.0. The molecule has 86 valence electrons. The van der Waals surface area contributed by atoms with Crippen LogP contribution in [0.1, 0.15) is 16.1 Å². The fourth-order valence-electron chi connectivity index (χ4n) is 1.46. The van der Waals surface area contributed by atoms with E-state index in [1.807, 2.05) is 24.3 Å². The smallest absolute Gasteiger partial charge is 0.337 e. The Morgan fingerprint density at radius 2 is 2.06 bits per heavy atom. The van der Waals surface area contributed by atoms with Crippen molar-refractivity contribution >= 4 is 21.9 Å². The van der Waals surface area contributed by atoms with Gasteiger partial charge in [-0.2, -0.15) is 10.2 Å². The van der Waals surface area contributed by atoms with Gasteiger partial charge in [-0.15, -0.1) is 0 Å². The first kappa shape index (κ1) is 11.7. The summed E-state index contributed by atoms with van der Waals surface area (Å²) in [6.45, 7) is 1.63. The number of carboxylic acid groups (broad SMARTS) is 1. The largest absolute Gasteiger partial charge is 0.478 e. The van der Waals surface area contributed by atoms with Crippen molar-refractivity contribution in [3.05, 3.63) is 46.1 Å². The molecule has 2 rings (SSSR count). The van der Waals surface area contributed by atoms with Crippen LogP contribution < -0.4 is 0 Å². The third-order valence-electron chi connectivity index (χ3n) is 2.33. The molecule has 0 fully saturated rings. The van der Waals surface area contributed by atoms with Crippen LogP contribution in [0.5, 0.6) is 0 Å². The van der Waals surface area contributed by atoms with Crippen molar-refractivity contribution in [1.82, 2.24) is 10.2 Å². The lowest BCUT2D eigenvalue weighted by molar-refractivity contribution is 0.0695. The Kier molecular flexibility index (Phi) is 3.19. The van der Waals surface area contributed by atoms with Crippen LogP contribution in [-0.4, -0.2) is 21.3 Å². The predicted molar refractivity (Wildman–Crippen MR) is 66.9 cm³/mol. The molecule has 0 saturated carbocycles. The number of benzene rings is 1. The second-order valence-corrected chi connectivity index (χ2v) is 4.46. The molecule has 1 N–H and O–H groups in total. The topological polar surface area (TPSA) is 63.1 Å². The van der Waals surface area contributed by atoms with E-state index in [0.717, 1.165) is 10.0 Å². The first-order chi connectivity index (χ1) is 8.08. The molecule has 0 aliphatic heterocycles. The summed E-state index contributed by atoms with van der Waals surface area (Å²) in [6, 6.07) is 9.01. The molecule has 0 aliphatic rings. The molecule has 2 aromatic rings. The highest BCUT2D eigenvalue weighted by atomic mass is 79.9. The monoisotopic (exact) mass is 292 g/mol. The molecule has 1 aromatic carbocycles. The van der Waals surface area contributed by atoms with Crippen LogP contribution in [0.4, 0.5) is 0 Å². The molecule has 0 spiro atoms. The standard InChI is InChI=1S/C12H9BrN2O2/c1-7-10(12(16)17)6-11(15-14-7)8-3-2-4-9(13)5-8/h2-6H,1H3,(H,16,17). The Morgan fingerprint density at radius 1 is 1.29 bits per heavy atom. The fraction of sp³-hybridized carbons (Fsp3) is 0.0833. The zero-order valence-corrected chi connectivity index (χ0v) is 10.6. The number of aromatic nitrogens is 2. The lowest BCUT2D eigenvalue weighted by Gasteiger charge is -2.04. The maximum atomic E-state index is 11.0. The second kappa shape index (κ2) is 4.63. The molecule has 1 heterocycles. The number of halogens is 1. The second-order valence-electron chi connectivity index (χ2n) is 3.54. The van der Waals surface area contributed by atoms with Crippen molar-refractivity contribution in [2.24, 2.45) is 0 Å². The zero-order chi connectivity index (χ0) is 12.4. The van der Waals surface area contributed by atoms with Crippen LogP contribution in [0.2, 0.25) is 0 Å². The molecule has 5 heteroatoms.